The van der Waals surface area contributed by atoms with Crippen molar-refractivity contribution in [3.63, 3.8) is 0 Å². The van der Waals surface area contributed by atoms with Crippen LogP contribution in [0.2, 0.25) is 36.3 Å². The summed E-state index contributed by atoms with van der Waals surface area (Å²) in [6, 6.07) is 3.36. The van der Waals surface area contributed by atoms with Crippen molar-refractivity contribution in [2.75, 3.05) is 6.61 Å². The fraction of sp³-hybridized carbons (Fsp3) is 0.857. The minimum Gasteiger partial charge on any atom is -0.547 e. The summed E-state index contributed by atoms with van der Waals surface area (Å²) in [7, 11) is -3.64. The summed E-state index contributed by atoms with van der Waals surface area (Å²) >= 11 is 0. The summed E-state index contributed by atoms with van der Waals surface area (Å²) in [5, 5.41) is 0.139. The zero-order valence-corrected chi connectivity index (χ0v) is 21.1. The second-order valence-electron chi connectivity index (χ2n) is 9.27. The van der Waals surface area contributed by atoms with Gasteiger partial charge in [-0.25, -0.2) is 0 Å². The van der Waals surface area contributed by atoms with Gasteiger partial charge in [0.2, 0.25) is 8.32 Å². The standard InChI is InChI=1S/C21H42O4Si2/c1-10-23-20(22)15-17-14-18(24-27(11-2,12-3)13-4)16-19(17)25-26(8,9)21(5,6)7/h14,17,19H,10-13,15-16H2,1-9H3/t17?,19-/m0/s1. The van der Waals surface area contributed by atoms with Crippen LogP contribution in [-0.4, -0.2) is 35.3 Å². The predicted molar refractivity (Wildman–Crippen MR) is 118 cm³/mol. The molecular weight excluding hydrogens is 372 g/mol. The van der Waals surface area contributed by atoms with Gasteiger partial charge in [0.25, 0.3) is 0 Å². The second-order valence-corrected chi connectivity index (χ2v) is 18.7. The summed E-state index contributed by atoms with van der Waals surface area (Å²) in [5.74, 6) is 0.949. The summed E-state index contributed by atoms with van der Waals surface area (Å²) in [6.45, 7) is 20.3. The minimum absolute atomic E-state index is 0.0163. The fourth-order valence-corrected chi connectivity index (χ4v) is 7.38. The summed E-state index contributed by atoms with van der Waals surface area (Å²) in [5.41, 5.74) is 0. The molecule has 0 radical (unpaired) electrons. The van der Waals surface area contributed by atoms with E-state index in [9.17, 15) is 4.79 Å². The Bertz CT molecular complexity index is 511. The number of rotatable bonds is 10. The van der Waals surface area contributed by atoms with Gasteiger partial charge in [-0.3, -0.25) is 4.79 Å². The molecule has 1 aliphatic carbocycles. The molecule has 1 aliphatic rings. The third-order valence-corrected chi connectivity index (χ3v) is 15.6. The lowest BCUT2D eigenvalue weighted by Crippen LogP contribution is -2.45. The Labute approximate surface area is 169 Å². The quantitative estimate of drug-likeness (QED) is 0.313. The van der Waals surface area contributed by atoms with Gasteiger partial charge in [0.05, 0.1) is 24.9 Å². The van der Waals surface area contributed by atoms with Crippen LogP contribution in [0.1, 0.15) is 61.3 Å². The van der Waals surface area contributed by atoms with Crippen LogP contribution >= 0.6 is 0 Å². The molecule has 0 aromatic rings. The maximum Gasteiger partial charge on any atom is 0.306 e. The van der Waals surface area contributed by atoms with E-state index in [4.69, 9.17) is 13.6 Å². The first kappa shape index (κ1) is 24.4. The molecule has 0 heterocycles. The highest BCUT2D eigenvalue weighted by molar-refractivity contribution is 6.74. The predicted octanol–water partition coefficient (Wildman–Crippen LogP) is 6.26. The molecule has 0 bridgehead atoms. The van der Waals surface area contributed by atoms with Crippen LogP contribution in [0.3, 0.4) is 0 Å². The maximum absolute atomic E-state index is 12.1. The monoisotopic (exact) mass is 414 g/mol. The Kier molecular flexibility index (Phi) is 8.82. The van der Waals surface area contributed by atoms with Crippen molar-refractivity contribution in [2.24, 2.45) is 5.92 Å². The maximum atomic E-state index is 12.1. The van der Waals surface area contributed by atoms with Gasteiger partial charge >= 0.3 is 5.97 Å². The number of hydrogen-bond donors (Lipinski definition) is 0. The van der Waals surface area contributed by atoms with Gasteiger partial charge in [-0.15, -0.1) is 0 Å². The van der Waals surface area contributed by atoms with Gasteiger partial charge in [0.1, 0.15) is 0 Å². The van der Waals surface area contributed by atoms with E-state index >= 15 is 0 Å². The molecule has 0 spiro atoms. The fourth-order valence-electron chi connectivity index (χ4n) is 3.37. The van der Waals surface area contributed by atoms with Crippen LogP contribution in [0, 0.1) is 5.92 Å². The SMILES string of the molecule is CCOC(=O)CC1C=C(O[Si](CC)(CC)CC)C[C@@H]1O[Si](C)(C)C(C)(C)C. The molecule has 158 valence electrons. The van der Waals surface area contributed by atoms with E-state index in [0.717, 1.165) is 30.3 Å². The smallest absolute Gasteiger partial charge is 0.306 e. The third kappa shape index (κ3) is 6.46. The molecule has 0 aromatic carbocycles. The number of esters is 1. The molecular formula is C21H42O4Si2. The van der Waals surface area contributed by atoms with Crippen LogP contribution in [0.25, 0.3) is 0 Å². The molecule has 27 heavy (non-hydrogen) atoms. The van der Waals surface area contributed by atoms with Gasteiger partial charge < -0.3 is 13.6 Å². The van der Waals surface area contributed by atoms with E-state index in [1.165, 1.54) is 0 Å². The van der Waals surface area contributed by atoms with Crippen LogP contribution in [-0.2, 0) is 18.4 Å². The van der Waals surface area contributed by atoms with E-state index in [2.05, 4.69) is 60.7 Å². The number of carbonyl (C=O) groups is 1. The first-order valence-electron chi connectivity index (χ1n) is 10.7. The molecule has 0 saturated carbocycles. The Balaban J connectivity index is 3.01. The lowest BCUT2D eigenvalue weighted by molar-refractivity contribution is -0.144. The molecule has 0 fully saturated rings. The molecule has 0 amide bonds. The summed E-state index contributed by atoms with van der Waals surface area (Å²) in [4.78, 5) is 12.1. The van der Waals surface area contributed by atoms with Crippen molar-refractivity contribution in [3.05, 3.63) is 11.8 Å². The molecule has 0 saturated heterocycles. The highest BCUT2D eigenvalue weighted by atomic mass is 28.4. The summed E-state index contributed by atoms with van der Waals surface area (Å²) in [6.07, 6.45) is 3.34. The molecule has 0 aliphatic heterocycles. The van der Waals surface area contributed by atoms with Crippen LogP contribution in [0.15, 0.2) is 11.8 Å². The molecule has 4 nitrogen and oxygen atoms in total. The van der Waals surface area contributed by atoms with Crippen molar-refractivity contribution in [1.82, 2.24) is 0 Å². The zero-order chi connectivity index (χ0) is 20.9. The largest absolute Gasteiger partial charge is 0.547 e. The Hall–Kier alpha value is -0.596. The Morgan fingerprint density at radius 1 is 1.11 bits per heavy atom. The third-order valence-electron chi connectivity index (χ3n) is 6.52. The Morgan fingerprint density at radius 2 is 1.67 bits per heavy atom. The van der Waals surface area contributed by atoms with Crippen molar-refractivity contribution >= 4 is 22.6 Å². The molecule has 2 atom stereocenters. The van der Waals surface area contributed by atoms with Crippen molar-refractivity contribution in [1.29, 1.82) is 0 Å². The van der Waals surface area contributed by atoms with Gasteiger partial charge in [-0.1, -0.05) is 41.5 Å². The molecule has 1 rings (SSSR count). The van der Waals surface area contributed by atoms with Crippen molar-refractivity contribution in [2.45, 2.75) is 104 Å². The van der Waals surface area contributed by atoms with E-state index in [0.29, 0.717) is 13.0 Å². The van der Waals surface area contributed by atoms with Crippen LogP contribution in [0.4, 0.5) is 0 Å². The Morgan fingerprint density at radius 3 is 2.11 bits per heavy atom. The number of ether oxygens (including phenoxy) is 1. The molecule has 6 heteroatoms. The van der Waals surface area contributed by atoms with E-state index in [-0.39, 0.29) is 23.0 Å². The zero-order valence-electron chi connectivity index (χ0n) is 19.1. The lowest BCUT2D eigenvalue weighted by Gasteiger charge is -2.40. The topological polar surface area (TPSA) is 44.8 Å². The average molecular weight is 415 g/mol. The molecule has 1 unspecified atom stereocenters. The number of hydrogen-bond acceptors (Lipinski definition) is 4. The van der Waals surface area contributed by atoms with Gasteiger partial charge in [0.15, 0.2) is 8.32 Å². The van der Waals surface area contributed by atoms with Crippen molar-refractivity contribution < 1.29 is 18.4 Å². The normalized spacial score (nSPS) is 21.1. The second kappa shape index (κ2) is 9.74. The first-order valence-corrected chi connectivity index (χ1v) is 16.1. The van der Waals surface area contributed by atoms with Gasteiger partial charge in [-0.2, -0.15) is 0 Å². The van der Waals surface area contributed by atoms with Crippen LogP contribution in [0.5, 0.6) is 0 Å². The summed E-state index contributed by atoms with van der Waals surface area (Å²) < 4.78 is 18.6. The van der Waals surface area contributed by atoms with Gasteiger partial charge in [0, 0.05) is 12.3 Å². The van der Waals surface area contributed by atoms with E-state index in [1.807, 2.05) is 6.92 Å². The molecule has 0 aromatic heterocycles. The first-order chi connectivity index (χ1) is 12.4. The highest BCUT2D eigenvalue weighted by Gasteiger charge is 2.43. The minimum atomic E-state index is -1.92. The average Bonchev–Trinajstić information content (AvgIpc) is 2.92. The lowest BCUT2D eigenvalue weighted by atomic mass is 10.0. The van der Waals surface area contributed by atoms with Crippen molar-refractivity contribution in [3.8, 4) is 0 Å². The van der Waals surface area contributed by atoms with E-state index < -0.39 is 16.6 Å². The van der Waals surface area contributed by atoms with Crippen LogP contribution < -0.4 is 0 Å². The highest BCUT2D eigenvalue weighted by Crippen LogP contribution is 2.42. The molecule has 0 N–H and O–H groups in total. The number of carbonyl (C=O) groups excluding carboxylic acids is 1. The van der Waals surface area contributed by atoms with Gasteiger partial charge in [-0.05, 0) is 49.3 Å². The van der Waals surface area contributed by atoms with E-state index in [1.54, 1.807) is 0 Å².